The van der Waals surface area contributed by atoms with Gasteiger partial charge in [-0.15, -0.1) is 0 Å². The van der Waals surface area contributed by atoms with Gasteiger partial charge in [0.15, 0.2) is 11.5 Å². The van der Waals surface area contributed by atoms with Crippen LogP contribution >= 0.6 is 15.9 Å². The van der Waals surface area contributed by atoms with E-state index in [1.807, 2.05) is 37.3 Å². The highest BCUT2D eigenvalue weighted by Crippen LogP contribution is 2.34. The summed E-state index contributed by atoms with van der Waals surface area (Å²) in [5, 5.41) is 2.97. The smallest absolute Gasteiger partial charge is 0.251 e. The maximum absolute atomic E-state index is 12.2. The van der Waals surface area contributed by atoms with Crippen molar-refractivity contribution in [1.82, 2.24) is 5.32 Å². The van der Waals surface area contributed by atoms with E-state index < -0.39 is 0 Å². The van der Waals surface area contributed by atoms with Gasteiger partial charge >= 0.3 is 0 Å². The van der Waals surface area contributed by atoms with Crippen molar-refractivity contribution in [2.24, 2.45) is 0 Å². The predicted molar refractivity (Wildman–Crippen MR) is 82.6 cm³/mol. The Hall–Kier alpha value is -2.01. The van der Waals surface area contributed by atoms with Crippen molar-refractivity contribution in [3.8, 4) is 11.5 Å². The molecule has 1 amide bonds. The Labute approximate surface area is 131 Å². The zero-order chi connectivity index (χ0) is 14.8. The highest BCUT2D eigenvalue weighted by molar-refractivity contribution is 9.10. The molecule has 0 radical (unpaired) electrons. The number of amides is 1. The monoisotopic (exact) mass is 347 g/mol. The van der Waals surface area contributed by atoms with E-state index in [0.29, 0.717) is 5.56 Å². The minimum atomic E-state index is -0.119. The number of nitrogens with one attached hydrogen (secondary N) is 1. The molecule has 21 heavy (non-hydrogen) atoms. The van der Waals surface area contributed by atoms with Crippen LogP contribution in [0, 0.1) is 0 Å². The van der Waals surface area contributed by atoms with Crippen molar-refractivity contribution in [3.05, 3.63) is 58.1 Å². The summed E-state index contributed by atoms with van der Waals surface area (Å²) in [5.41, 5.74) is 1.60. The number of ether oxygens (including phenoxy) is 2. The van der Waals surface area contributed by atoms with Crippen molar-refractivity contribution < 1.29 is 14.3 Å². The quantitative estimate of drug-likeness (QED) is 0.921. The van der Waals surface area contributed by atoms with Gasteiger partial charge in [-0.3, -0.25) is 4.79 Å². The third-order valence-electron chi connectivity index (χ3n) is 3.33. The van der Waals surface area contributed by atoms with Crippen molar-refractivity contribution in [2.75, 3.05) is 6.79 Å². The van der Waals surface area contributed by atoms with E-state index in [1.165, 1.54) is 0 Å². The lowest BCUT2D eigenvalue weighted by atomic mass is 10.1. The van der Waals surface area contributed by atoms with Crippen LogP contribution in [0.2, 0.25) is 0 Å². The lowest BCUT2D eigenvalue weighted by molar-refractivity contribution is 0.0939. The molecule has 1 atom stereocenters. The van der Waals surface area contributed by atoms with Crippen LogP contribution in [0.4, 0.5) is 0 Å². The normalized spacial score (nSPS) is 13.8. The molecular formula is C16H14BrNO3. The van der Waals surface area contributed by atoms with Crippen LogP contribution in [0.25, 0.3) is 0 Å². The average Bonchev–Trinajstić information content (AvgIpc) is 2.94. The van der Waals surface area contributed by atoms with Gasteiger partial charge in [-0.1, -0.05) is 28.1 Å². The van der Waals surface area contributed by atoms with E-state index in [1.54, 1.807) is 12.1 Å². The molecule has 0 spiro atoms. The molecule has 1 aliphatic rings. The summed E-state index contributed by atoms with van der Waals surface area (Å²) in [6, 6.07) is 12.9. The number of fused-ring (bicyclic) bond motifs is 1. The second-order valence-electron chi connectivity index (χ2n) is 4.82. The molecule has 0 fully saturated rings. The van der Waals surface area contributed by atoms with Crippen molar-refractivity contribution in [1.29, 1.82) is 0 Å². The first-order chi connectivity index (χ1) is 10.1. The SMILES string of the molecule is C[C@@H](NC(=O)c1cccc(Br)c1)c1ccc2c(c1)OCO2. The summed E-state index contributed by atoms with van der Waals surface area (Å²) in [4.78, 5) is 12.2. The molecule has 0 unspecified atom stereocenters. The molecule has 0 saturated carbocycles. The lowest BCUT2D eigenvalue weighted by Gasteiger charge is -2.15. The minimum absolute atomic E-state index is 0.110. The molecule has 0 bridgehead atoms. The molecule has 3 rings (SSSR count). The van der Waals surface area contributed by atoms with Crippen LogP contribution in [0.5, 0.6) is 11.5 Å². The fourth-order valence-corrected chi connectivity index (χ4v) is 2.57. The molecular weight excluding hydrogens is 334 g/mol. The fourth-order valence-electron chi connectivity index (χ4n) is 2.18. The molecule has 0 saturated heterocycles. The number of carbonyl (C=O) groups excluding carboxylic acids is 1. The average molecular weight is 348 g/mol. The van der Waals surface area contributed by atoms with Crippen LogP contribution < -0.4 is 14.8 Å². The largest absolute Gasteiger partial charge is 0.454 e. The van der Waals surface area contributed by atoms with Crippen molar-refractivity contribution in [3.63, 3.8) is 0 Å². The molecule has 1 N–H and O–H groups in total. The highest BCUT2D eigenvalue weighted by Gasteiger charge is 2.17. The van der Waals surface area contributed by atoms with Gasteiger partial charge in [0, 0.05) is 10.0 Å². The number of hydrogen-bond donors (Lipinski definition) is 1. The van der Waals surface area contributed by atoms with Gasteiger partial charge in [-0.25, -0.2) is 0 Å². The van der Waals surface area contributed by atoms with Gasteiger partial charge in [-0.05, 0) is 42.8 Å². The zero-order valence-electron chi connectivity index (χ0n) is 11.4. The van der Waals surface area contributed by atoms with Crippen molar-refractivity contribution in [2.45, 2.75) is 13.0 Å². The Morgan fingerprint density at radius 2 is 2.00 bits per heavy atom. The van der Waals surface area contributed by atoms with Crippen molar-refractivity contribution >= 4 is 21.8 Å². The first kappa shape index (κ1) is 13.9. The molecule has 2 aromatic carbocycles. The molecule has 0 aliphatic carbocycles. The van der Waals surface area contributed by atoms with E-state index in [2.05, 4.69) is 21.2 Å². The third-order valence-corrected chi connectivity index (χ3v) is 3.82. The van der Waals surface area contributed by atoms with E-state index in [0.717, 1.165) is 21.5 Å². The summed E-state index contributed by atoms with van der Waals surface area (Å²) in [6.45, 7) is 2.19. The predicted octanol–water partition coefficient (Wildman–Crippen LogP) is 3.67. The molecule has 1 heterocycles. The highest BCUT2D eigenvalue weighted by atomic mass is 79.9. The minimum Gasteiger partial charge on any atom is -0.454 e. The first-order valence-corrected chi connectivity index (χ1v) is 7.39. The molecule has 5 heteroatoms. The van der Waals surface area contributed by atoms with Crippen LogP contribution in [-0.2, 0) is 0 Å². The number of benzene rings is 2. The number of rotatable bonds is 3. The maximum atomic E-state index is 12.2. The number of hydrogen-bond acceptors (Lipinski definition) is 3. The Bertz CT molecular complexity index is 687. The van der Waals surface area contributed by atoms with Gasteiger partial charge in [0.1, 0.15) is 0 Å². The fraction of sp³-hybridized carbons (Fsp3) is 0.188. The Balaban J connectivity index is 1.74. The second kappa shape index (κ2) is 5.77. The first-order valence-electron chi connectivity index (χ1n) is 6.59. The summed E-state index contributed by atoms with van der Waals surface area (Å²) in [5.74, 6) is 1.35. The van der Waals surface area contributed by atoms with Crippen LogP contribution in [0.1, 0.15) is 28.9 Å². The maximum Gasteiger partial charge on any atom is 0.251 e. The molecule has 2 aromatic rings. The summed E-state index contributed by atoms with van der Waals surface area (Å²) < 4.78 is 11.5. The topological polar surface area (TPSA) is 47.6 Å². The van der Waals surface area contributed by atoms with Crippen LogP contribution in [0.15, 0.2) is 46.9 Å². The van der Waals surface area contributed by atoms with E-state index >= 15 is 0 Å². The van der Waals surface area contributed by atoms with E-state index in [-0.39, 0.29) is 18.7 Å². The van der Waals surface area contributed by atoms with Gasteiger partial charge in [0.2, 0.25) is 6.79 Å². The molecule has 0 aromatic heterocycles. The van der Waals surface area contributed by atoms with Gasteiger partial charge in [-0.2, -0.15) is 0 Å². The summed E-state index contributed by atoms with van der Waals surface area (Å²) >= 11 is 3.36. The Morgan fingerprint density at radius 3 is 2.81 bits per heavy atom. The van der Waals surface area contributed by atoms with E-state index in [4.69, 9.17) is 9.47 Å². The molecule has 1 aliphatic heterocycles. The summed E-state index contributed by atoms with van der Waals surface area (Å²) in [7, 11) is 0. The Morgan fingerprint density at radius 1 is 1.19 bits per heavy atom. The van der Waals surface area contributed by atoms with Gasteiger partial charge < -0.3 is 14.8 Å². The van der Waals surface area contributed by atoms with Crippen LogP contribution in [0.3, 0.4) is 0 Å². The standard InChI is InChI=1S/C16H14BrNO3/c1-10(11-5-6-14-15(8-11)21-9-20-14)18-16(19)12-3-2-4-13(17)7-12/h2-8,10H,9H2,1H3,(H,18,19)/t10-/m1/s1. The van der Waals surface area contributed by atoms with Crippen LogP contribution in [-0.4, -0.2) is 12.7 Å². The number of carbonyl (C=O) groups is 1. The third kappa shape index (κ3) is 3.03. The van der Waals surface area contributed by atoms with Gasteiger partial charge in [0.05, 0.1) is 6.04 Å². The molecule has 4 nitrogen and oxygen atoms in total. The second-order valence-corrected chi connectivity index (χ2v) is 5.73. The molecule has 108 valence electrons. The lowest BCUT2D eigenvalue weighted by Crippen LogP contribution is -2.26. The Kier molecular flexibility index (Phi) is 3.84. The van der Waals surface area contributed by atoms with E-state index in [9.17, 15) is 4.79 Å². The van der Waals surface area contributed by atoms with Gasteiger partial charge in [0.25, 0.3) is 5.91 Å². The zero-order valence-corrected chi connectivity index (χ0v) is 13.0. The summed E-state index contributed by atoms with van der Waals surface area (Å²) in [6.07, 6.45) is 0. The number of halogens is 1.